The molecule has 1 aromatic heterocycles. The number of hydrogen-bond donors (Lipinski definition) is 1. The summed E-state index contributed by atoms with van der Waals surface area (Å²) in [6.07, 6.45) is 5.66. The zero-order chi connectivity index (χ0) is 18.8. The fourth-order valence-electron chi connectivity index (χ4n) is 3.61. The van der Waals surface area contributed by atoms with Gasteiger partial charge in [0, 0.05) is 43.3 Å². The van der Waals surface area contributed by atoms with Gasteiger partial charge in [-0.1, -0.05) is 0 Å². The van der Waals surface area contributed by atoms with Crippen molar-refractivity contribution >= 4 is 23.5 Å². The molecule has 2 saturated heterocycles. The molecule has 3 heterocycles. The maximum Gasteiger partial charge on any atom is 0.329 e. The summed E-state index contributed by atoms with van der Waals surface area (Å²) in [4.78, 5) is 39.0. The fraction of sp³-hybridized carbons (Fsp3) is 0.368. The van der Waals surface area contributed by atoms with Crippen LogP contribution in [-0.4, -0.2) is 52.2 Å². The van der Waals surface area contributed by atoms with Crippen LogP contribution in [0.3, 0.4) is 0 Å². The lowest BCUT2D eigenvalue weighted by Gasteiger charge is -2.32. The van der Waals surface area contributed by atoms with Crippen molar-refractivity contribution in [2.45, 2.75) is 19.4 Å². The summed E-state index contributed by atoms with van der Waals surface area (Å²) in [6.45, 7) is 2.36. The van der Waals surface area contributed by atoms with Crippen LogP contribution in [-0.2, 0) is 11.3 Å². The average Bonchev–Trinajstić information content (AvgIpc) is 3.31. The molecular weight excluding hydrogens is 346 g/mol. The number of benzene rings is 1. The molecule has 8 nitrogen and oxygen atoms in total. The number of likely N-dealkylation sites (tertiary alicyclic amines) is 1. The molecule has 0 bridgehead atoms. The third kappa shape index (κ3) is 3.69. The quantitative estimate of drug-likeness (QED) is 0.830. The summed E-state index contributed by atoms with van der Waals surface area (Å²) in [5.41, 5.74) is 1.20. The van der Waals surface area contributed by atoms with E-state index in [1.54, 1.807) is 30.5 Å². The summed E-state index contributed by atoms with van der Waals surface area (Å²) < 4.78 is 1.94. The monoisotopic (exact) mass is 367 g/mol. The molecule has 0 radical (unpaired) electrons. The number of anilines is 1. The van der Waals surface area contributed by atoms with Crippen molar-refractivity contribution in [3.05, 3.63) is 48.3 Å². The van der Waals surface area contributed by atoms with Crippen LogP contribution in [0.5, 0.6) is 0 Å². The first-order valence-electron chi connectivity index (χ1n) is 9.08. The maximum absolute atomic E-state index is 12.7. The number of nitrogens with zero attached hydrogens (tertiary/aromatic N) is 4. The van der Waals surface area contributed by atoms with E-state index in [1.807, 2.05) is 21.8 Å². The molecule has 8 heteroatoms. The van der Waals surface area contributed by atoms with E-state index in [4.69, 9.17) is 0 Å². The maximum atomic E-state index is 12.7. The van der Waals surface area contributed by atoms with Crippen LogP contribution in [0, 0.1) is 5.92 Å². The SMILES string of the molecule is O=C1CN(c2ccc(C(=O)N3CCC(Cn4cccn4)CC3)cc2)C(=O)N1. The van der Waals surface area contributed by atoms with Gasteiger partial charge in [-0.3, -0.25) is 24.5 Å². The minimum absolute atomic E-state index is 0.000962. The second-order valence-corrected chi connectivity index (χ2v) is 6.95. The van der Waals surface area contributed by atoms with Crippen molar-refractivity contribution in [2.24, 2.45) is 5.92 Å². The Kier molecular flexibility index (Phi) is 4.62. The Labute approximate surface area is 156 Å². The largest absolute Gasteiger partial charge is 0.339 e. The molecule has 2 aromatic rings. The van der Waals surface area contributed by atoms with Crippen molar-refractivity contribution in [1.82, 2.24) is 20.0 Å². The van der Waals surface area contributed by atoms with Crippen molar-refractivity contribution in [3.63, 3.8) is 0 Å². The van der Waals surface area contributed by atoms with Gasteiger partial charge >= 0.3 is 6.03 Å². The molecular formula is C19H21N5O3. The van der Waals surface area contributed by atoms with Gasteiger partial charge < -0.3 is 4.90 Å². The van der Waals surface area contributed by atoms with Gasteiger partial charge in [-0.2, -0.15) is 5.10 Å². The molecule has 0 spiro atoms. The lowest BCUT2D eigenvalue weighted by atomic mass is 9.96. The Bertz CT molecular complexity index is 839. The molecule has 4 amide bonds. The van der Waals surface area contributed by atoms with Gasteiger partial charge in [-0.25, -0.2) is 4.79 Å². The van der Waals surface area contributed by atoms with Crippen LogP contribution >= 0.6 is 0 Å². The van der Waals surface area contributed by atoms with Gasteiger partial charge in [-0.15, -0.1) is 0 Å². The van der Waals surface area contributed by atoms with Gasteiger partial charge in [0.1, 0.15) is 6.54 Å². The van der Waals surface area contributed by atoms with Crippen LogP contribution in [0.1, 0.15) is 23.2 Å². The molecule has 0 unspecified atom stereocenters. The van der Waals surface area contributed by atoms with E-state index in [0.29, 0.717) is 17.2 Å². The first-order valence-corrected chi connectivity index (χ1v) is 9.08. The van der Waals surface area contributed by atoms with E-state index >= 15 is 0 Å². The van der Waals surface area contributed by atoms with Crippen molar-refractivity contribution in [2.75, 3.05) is 24.5 Å². The molecule has 2 aliphatic heterocycles. The van der Waals surface area contributed by atoms with E-state index in [2.05, 4.69) is 10.4 Å². The summed E-state index contributed by atoms with van der Waals surface area (Å²) in [5.74, 6) is 0.210. The molecule has 140 valence electrons. The van der Waals surface area contributed by atoms with Crippen LogP contribution in [0.4, 0.5) is 10.5 Å². The van der Waals surface area contributed by atoms with Crippen LogP contribution in [0.25, 0.3) is 0 Å². The minimum Gasteiger partial charge on any atom is -0.339 e. The number of imide groups is 1. The second kappa shape index (κ2) is 7.22. The summed E-state index contributed by atoms with van der Waals surface area (Å²) >= 11 is 0. The topological polar surface area (TPSA) is 87.5 Å². The van der Waals surface area contributed by atoms with Crippen molar-refractivity contribution < 1.29 is 14.4 Å². The Morgan fingerprint density at radius 3 is 2.48 bits per heavy atom. The van der Waals surface area contributed by atoms with E-state index in [1.165, 1.54) is 4.90 Å². The molecule has 0 saturated carbocycles. The summed E-state index contributed by atoms with van der Waals surface area (Å²) in [5, 5.41) is 6.49. The van der Waals surface area contributed by atoms with Gasteiger partial charge in [0.05, 0.1) is 0 Å². The van der Waals surface area contributed by atoms with Crippen molar-refractivity contribution in [1.29, 1.82) is 0 Å². The highest BCUT2D eigenvalue weighted by Gasteiger charge is 2.28. The lowest BCUT2D eigenvalue weighted by molar-refractivity contribution is -0.117. The first kappa shape index (κ1) is 17.3. The van der Waals surface area contributed by atoms with E-state index in [-0.39, 0.29) is 18.4 Å². The predicted octanol–water partition coefficient (Wildman–Crippen LogP) is 1.49. The first-order chi connectivity index (χ1) is 13.1. The van der Waals surface area contributed by atoms with Gasteiger partial charge in [-0.05, 0) is 49.1 Å². The fourth-order valence-corrected chi connectivity index (χ4v) is 3.61. The smallest absolute Gasteiger partial charge is 0.329 e. The Balaban J connectivity index is 1.34. The second-order valence-electron chi connectivity index (χ2n) is 6.95. The average molecular weight is 367 g/mol. The molecule has 2 fully saturated rings. The Morgan fingerprint density at radius 1 is 1.15 bits per heavy atom. The van der Waals surface area contributed by atoms with Gasteiger partial charge in [0.15, 0.2) is 0 Å². The van der Waals surface area contributed by atoms with Crippen molar-refractivity contribution in [3.8, 4) is 0 Å². The highest BCUT2D eigenvalue weighted by atomic mass is 16.2. The molecule has 27 heavy (non-hydrogen) atoms. The third-order valence-electron chi connectivity index (χ3n) is 5.13. The molecule has 1 N–H and O–H groups in total. The number of carbonyl (C=O) groups is 3. The zero-order valence-electron chi connectivity index (χ0n) is 14.9. The standard InChI is InChI=1S/C19H21N5O3/c25-17-13-24(19(27)21-17)16-4-2-15(3-5-16)18(26)22-10-6-14(7-11-22)12-23-9-1-8-20-23/h1-5,8-9,14H,6-7,10-13H2,(H,21,25,27). The van der Waals surface area contributed by atoms with Crippen LogP contribution in [0.15, 0.2) is 42.7 Å². The number of piperidine rings is 1. The van der Waals surface area contributed by atoms with Gasteiger partial charge in [0.25, 0.3) is 5.91 Å². The highest BCUT2D eigenvalue weighted by Crippen LogP contribution is 2.22. The van der Waals surface area contributed by atoms with E-state index < -0.39 is 6.03 Å². The number of urea groups is 1. The number of carbonyl (C=O) groups excluding carboxylic acids is 3. The zero-order valence-corrected chi connectivity index (χ0v) is 14.9. The molecule has 0 aliphatic carbocycles. The highest BCUT2D eigenvalue weighted by molar-refractivity contribution is 6.12. The van der Waals surface area contributed by atoms with E-state index in [9.17, 15) is 14.4 Å². The van der Waals surface area contributed by atoms with E-state index in [0.717, 1.165) is 32.5 Å². The summed E-state index contributed by atoms with van der Waals surface area (Å²) in [6, 6.07) is 8.32. The molecule has 2 aliphatic rings. The number of nitrogens with one attached hydrogen (secondary N) is 1. The predicted molar refractivity (Wildman–Crippen MR) is 98.2 cm³/mol. The normalized spacial score (nSPS) is 18.1. The van der Waals surface area contributed by atoms with Crippen LogP contribution in [0.2, 0.25) is 0 Å². The molecule has 0 atom stereocenters. The Hall–Kier alpha value is -3.16. The molecule has 4 rings (SSSR count). The Morgan fingerprint density at radius 2 is 1.89 bits per heavy atom. The number of hydrogen-bond acceptors (Lipinski definition) is 4. The number of rotatable bonds is 4. The van der Waals surface area contributed by atoms with Gasteiger partial charge in [0.2, 0.25) is 5.91 Å². The molecule has 1 aromatic carbocycles. The minimum atomic E-state index is -0.432. The number of aromatic nitrogens is 2. The lowest BCUT2D eigenvalue weighted by Crippen LogP contribution is -2.39. The third-order valence-corrected chi connectivity index (χ3v) is 5.13. The van der Waals surface area contributed by atoms with Crippen LogP contribution < -0.4 is 10.2 Å². The number of amides is 4. The summed E-state index contributed by atoms with van der Waals surface area (Å²) in [7, 11) is 0.